The molecule has 0 bridgehead atoms. The van der Waals surface area contributed by atoms with Crippen molar-refractivity contribution < 1.29 is 14.7 Å². The van der Waals surface area contributed by atoms with E-state index in [9.17, 15) is 14.7 Å². The Kier molecular flexibility index (Phi) is 3.07. The van der Waals surface area contributed by atoms with Crippen LogP contribution in [0.25, 0.3) is 0 Å². The van der Waals surface area contributed by atoms with E-state index in [1.54, 1.807) is 24.3 Å². The molecule has 2 aromatic carbocycles. The maximum absolute atomic E-state index is 12.3. The molecular formula is C15H11ClN2O3. The number of fused-ring (bicyclic) bond motifs is 1. The molecule has 3 N–H and O–H groups in total. The van der Waals surface area contributed by atoms with Gasteiger partial charge in [0.1, 0.15) is 5.75 Å². The molecule has 6 heteroatoms. The zero-order chi connectivity index (χ0) is 15.1. The molecule has 0 fully saturated rings. The molecule has 3 rings (SSSR count). The third-order valence-electron chi connectivity index (χ3n) is 3.38. The van der Waals surface area contributed by atoms with Crippen LogP contribution in [0.2, 0.25) is 5.02 Å². The van der Waals surface area contributed by atoms with E-state index >= 15 is 0 Å². The number of nitrogens with zero attached hydrogens (tertiary/aromatic N) is 1. The van der Waals surface area contributed by atoms with Gasteiger partial charge >= 0.3 is 0 Å². The second kappa shape index (κ2) is 4.79. The zero-order valence-electron chi connectivity index (χ0n) is 10.8. The number of hydrogen-bond donors (Lipinski definition) is 2. The van der Waals surface area contributed by atoms with Crippen LogP contribution in [0.3, 0.4) is 0 Å². The van der Waals surface area contributed by atoms with Gasteiger partial charge < -0.3 is 10.8 Å². The number of rotatable bonds is 2. The molecule has 1 heterocycles. The van der Waals surface area contributed by atoms with Gasteiger partial charge in [-0.1, -0.05) is 23.7 Å². The number of nitrogen functional groups attached to an aromatic ring is 1. The predicted molar refractivity (Wildman–Crippen MR) is 78.2 cm³/mol. The first kappa shape index (κ1) is 13.5. The molecule has 0 radical (unpaired) electrons. The minimum Gasteiger partial charge on any atom is -0.506 e. The Morgan fingerprint density at radius 3 is 2.57 bits per heavy atom. The molecule has 1 aliphatic rings. The number of halogens is 1. The van der Waals surface area contributed by atoms with Crippen LogP contribution in [0.15, 0.2) is 36.4 Å². The molecule has 2 amide bonds. The Balaban J connectivity index is 1.95. The van der Waals surface area contributed by atoms with Crippen LogP contribution in [0, 0.1) is 0 Å². The van der Waals surface area contributed by atoms with Gasteiger partial charge in [0, 0.05) is 5.69 Å². The number of amides is 2. The van der Waals surface area contributed by atoms with Gasteiger partial charge in [-0.15, -0.1) is 0 Å². The van der Waals surface area contributed by atoms with Gasteiger partial charge in [-0.05, 0) is 29.8 Å². The van der Waals surface area contributed by atoms with Crippen molar-refractivity contribution in [3.05, 3.63) is 58.1 Å². The van der Waals surface area contributed by atoms with E-state index < -0.39 is 5.91 Å². The largest absolute Gasteiger partial charge is 0.506 e. The molecular weight excluding hydrogens is 292 g/mol. The summed E-state index contributed by atoms with van der Waals surface area (Å²) in [5.41, 5.74) is 7.26. The van der Waals surface area contributed by atoms with Gasteiger partial charge in [-0.25, -0.2) is 0 Å². The van der Waals surface area contributed by atoms with E-state index in [-0.39, 0.29) is 34.5 Å². The summed E-state index contributed by atoms with van der Waals surface area (Å²) in [5, 5.41) is 9.56. The van der Waals surface area contributed by atoms with E-state index in [1.807, 2.05) is 0 Å². The minimum absolute atomic E-state index is 0.0491. The number of phenols is 1. The lowest BCUT2D eigenvalue weighted by Crippen LogP contribution is -2.29. The molecule has 0 saturated carbocycles. The first-order valence-corrected chi connectivity index (χ1v) is 6.59. The Labute approximate surface area is 125 Å². The lowest BCUT2D eigenvalue weighted by atomic mass is 10.1. The number of anilines is 1. The quantitative estimate of drug-likeness (QED) is 0.659. The average Bonchev–Trinajstić information content (AvgIpc) is 2.69. The number of nitrogens with two attached hydrogens (primary N) is 1. The first-order valence-electron chi connectivity index (χ1n) is 6.21. The lowest BCUT2D eigenvalue weighted by Gasteiger charge is -2.14. The van der Waals surface area contributed by atoms with E-state index in [0.717, 1.165) is 4.90 Å². The summed E-state index contributed by atoms with van der Waals surface area (Å²) in [7, 11) is 0. The van der Waals surface area contributed by atoms with Crippen molar-refractivity contribution in [3.8, 4) is 5.75 Å². The predicted octanol–water partition coefficient (Wildman–Crippen LogP) is 2.42. The maximum Gasteiger partial charge on any atom is 0.263 e. The van der Waals surface area contributed by atoms with Crippen molar-refractivity contribution in [1.82, 2.24) is 4.90 Å². The lowest BCUT2D eigenvalue weighted by molar-refractivity contribution is 0.0642. The van der Waals surface area contributed by atoms with Crippen molar-refractivity contribution in [2.24, 2.45) is 0 Å². The van der Waals surface area contributed by atoms with Crippen LogP contribution < -0.4 is 5.73 Å². The highest BCUT2D eigenvalue weighted by Crippen LogP contribution is 2.30. The Morgan fingerprint density at radius 2 is 1.90 bits per heavy atom. The van der Waals surface area contributed by atoms with Gasteiger partial charge in [0.25, 0.3) is 11.8 Å². The fraction of sp³-hybridized carbons (Fsp3) is 0.0667. The smallest absolute Gasteiger partial charge is 0.263 e. The molecule has 2 aromatic rings. The van der Waals surface area contributed by atoms with Crippen molar-refractivity contribution in [1.29, 1.82) is 0 Å². The van der Waals surface area contributed by atoms with Crippen molar-refractivity contribution in [2.45, 2.75) is 6.54 Å². The summed E-state index contributed by atoms with van der Waals surface area (Å²) in [6.45, 7) is 0.0752. The van der Waals surface area contributed by atoms with Gasteiger partial charge in [0.2, 0.25) is 0 Å². The monoisotopic (exact) mass is 302 g/mol. The number of carbonyl (C=O) groups excluding carboxylic acids is 2. The fourth-order valence-electron chi connectivity index (χ4n) is 2.33. The summed E-state index contributed by atoms with van der Waals surface area (Å²) in [6.07, 6.45) is 0. The molecule has 0 saturated heterocycles. The van der Waals surface area contributed by atoms with E-state index in [4.69, 9.17) is 17.3 Å². The maximum atomic E-state index is 12.3. The highest BCUT2D eigenvalue weighted by atomic mass is 35.5. The van der Waals surface area contributed by atoms with Crippen molar-refractivity contribution in [2.75, 3.05) is 5.73 Å². The molecule has 106 valence electrons. The highest BCUT2D eigenvalue weighted by Gasteiger charge is 2.36. The minimum atomic E-state index is -0.419. The summed E-state index contributed by atoms with van der Waals surface area (Å²) < 4.78 is 0. The van der Waals surface area contributed by atoms with Gasteiger partial charge in [-0.3, -0.25) is 14.5 Å². The number of aromatic hydroxyl groups is 1. The third-order valence-corrected chi connectivity index (χ3v) is 3.69. The van der Waals surface area contributed by atoms with Crippen LogP contribution in [0.1, 0.15) is 26.3 Å². The Bertz CT molecular complexity index is 774. The molecule has 0 atom stereocenters. The van der Waals surface area contributed by atoms with E-state index in [1.165, 1.54) is 12.1 Å². The van der Waals surface area contributed by atoms with E-state index in [0.29, 0.717) is 11.1 Å². The Hall–Kier alpha value is -2.53. The normalized spacial score (nSPS) is 13.7. The number of benzene rings is 2. The highest BCUT2D eigenvalue weighted by molar-refractivity contribution is 6.32. The third kappa shape index (κ3) is 2.11. The van der Waals surface area contributed by atoms with Crippen LogP contribution in [-0.2, 0) is 6.54 Å². The van der Waals surface area contributed by atoms with Gasteiger partial charge in [0.05, 0.1) is 22.7 Å². The SMILES string of the molecule is Nc1cccc2c1C(=O)N(Cc1ccc(O)c(Cl)c1)C2=O. The summed E-state index contributed by atoms with van der Waals surface area (Å²) in [6, 6.07) is 9.35. The van der Waals surface area contributed by atoms with Crippen LogP contribution >= 0.6 is 11.6 Å². The molecule has 1 aliphatic heterocycles. The van der Waals surface area contributed by atoms with Gasteiger partial charge in [0.15, 0.2) is 0 Å². The standard InChI is InChI=1S/C15H11ClN2O3/c16-10-6-8(4-5-12(10)19)7-18-14(20)9-2-1-3-11(17)13(9)15(18)21/h1-6,19H,7,17H2. The zero-order valence-corrected chi connectivity index (χ0v) is 11.6. The Morgan fingerprint density at radius 1 is 1.14 bits per heavy atom. The molecule has 21 heavy (non-hydrogen) atoms. The average molecular weight is 303 g/mol. The second-order valence-corrected chi connectivity index (χ2v) is 5.16. The number of carbonyl (C=O) groups is 2. The molecule has 0 unspecified atom stereocenters. The van der Waals surface area contributed by atoms with Crippen molar-refractivity contribution in [3.63, 3.8) is 0 Å². The topological polar surface area (TPSA) is 83.6 Å². The van der Waals surface area contributed by atoms with Crippen LogP contribution in [-0.4, -0.2) is 21.8 Å². The summed E-state index contributed by atoms with van der Waals surface area (Å²) in [5.74, 6) is -0.851. The second-order valence-electron chi connectivity index (χ2n) is 4.75. The van der Waals surface area contributed by atoms with Crippen LogP contribution in [0.5, 0.6) is 5.75 Å². The number of imide groups is 1. The molecule has 0 aromatic heterocycles. The van der Waals surface area contributed by atoms with E-state index in [2.05, 4.69) is 0 Å². The molecule has 0 spiro atoms. The van der Waals surface area contributed by atoms with Crippen LogP contribution in [0.4, 0.5) is 5.69 Å². The number of phenolic OH excluding ortho intramolecular Hbond substituents is 1. The first-order chi connectivity index (χ1) is 9.99. The summed E-state index contributed by atoms with van der Waals surface area (Å²) in [4.78, 5) is 25.7. The van der Waals surface area contributed by atoms with Gasteiger partial charge in [-0.2, -0.15) is 0 Å². The molecule has 0 aliphatic carbocycles. The molecule has 5 nitrogen and oxygen atoms in total. The summed E-state index contributed by atoms with van der Waals surface area (Å²) >= 11 is 5.83. The van der Waals surface area contributed by atoms with Crippen molar-refractivity contribution >= 4 is 29.1 Å². The number of hydrogen-bond acceptors (Lipinski definition) is 4. The fourth-order valence-corrected chi connectivity index (χ4v) is 2.54.